The summed E-state index contributed by atoms with van der Waals surface area (Å²) in [7, 11) is 2.03. The maximum Gasteiger partial charge on any atom is 0.131 e. The van der Waals surface area contributed by atoms with Crippen molar-refractivity contribution in [2.45, 2.75) is 12.8 Å². The second-order valence-electron chi connectivity index (χ2n) is 4.28. The second kappa shape index (κ2) is 5.51. The van der Waals surface area contributed by atoms with Crippen molar-refractivity contribution in [1.82, 2.24) is 4.98 Å². The van der Waals surface area contributed by atoms with E-state index in [1.54, 1.807) is 6.20 Å². The molecule has 0 saturated heterocycles. The molecule has 1 aromatic rings. The highest BCUT2D eigenvalue weighted by molar-refractivity contribution is 6.29. The largest absolute Gasteiger partial charge is 0.379 e. The maximum atomic E-state index is 5.83. The quantitative estimate of drug-likeness (QED) is 0.565. The van der Waals surface area contributed by atoms with E-state index in [0.717, 1.165) is 31.4 Å². The molecule has 1 aliphatic rings. The lowest BCUT2D eigenvalue weighted by molar-refractivity contribution is 0.131. The van der Waals surface area contributed by atoms with Gasteiger partial charge in [0.1, 0.15) is 5.15 Å². The predicted octanol–water partition coefficient (Wildman–Crippen LogP) is 2.60. The molecule has 4 heteroatoms. The van der Waals surface area contributed by atoms with Gasteiger partial charge in [-0.2, -0.15) is 0 Å². The molecule has 3 nitrogen and oxygen atoms in total. The van der Waals surface area contributed by atoms with Crippen molar-refractivity contribution in [3.05, 3.63) is 23.5 Å². The molecule has 0 N–H and O–H groups in total. The molecule has 0 atom stereocenters. The highest BCUT2D eigenvalue weighted by atomic mass is 35.5. The molecule has 1 aliphatic carbocycles. The minimum atomic E-state index is 0.531. The summed E-state index contributed by atoms with van der Waals surface area (Å²) in [5, 5.41) is 0.531. The first-order valence-corrected chi connectivity index (χ1v) is 6.04. The third-order valence-corrected chi connectivity index (χ3v) is 2.98. The van der Waals surface area contributed by atoms with Crippen molar-refractivity contribution in [3.63, 3.8) is 0 Å². The van der Waals surface area contributed by atoms with Crippen LogP contribution in [0.3, 0.4) is 0 Å². The van der Waals surface area contributed by atoms with E-state index < -0.39 is 0 Å². The number of hydrogen-bond donors (Lipinski definition) is 0. The first-order chi connectivity index (χ1) is 7.75. The molecule has 0 spiro atoms. The Hall–Kier alpha value is -0.800. The van der Waals surface area contributed by atoms with E-state index in [9.17, 15) is 0 Å². The summed E-state index contributed by atoms with van der Waals surface area (Å²) in [6.45, 7) is 2.57. The summed E-state index contributed by atoms with van der Waals surface area (Å²) in [6.07, 6.45) is 4.41. The fourth-order valence-electron chi connectivity index (χ4n) is 1.49. The Kier molecular flexibility index (Phi) is 4.02. The number of nitrogens with zero attached hydrogens (tertiary/aromatic N) is 2. The Morgan fingerprint density at radius 2 is 2.38 bits per heavy atom. The zero-order chi connectivity index (χ0) is 11.4. The summed E-state index contributed by atoms with van der Waals surface area (Å²) in [4.78, 5) is 6.08. The average molecular weight is 241 g/mol. The summed E-state index contributed by atoms with van der Waals surface area (Å²) in [5.74, 6) is 0.834. The maximum absolute atomic E-state index is 5.83. The van der Waals surface area contributed by atoms with Crippen LogP contribution in [0.25, 0.3) is 0 Å². The van der Waals surface area contributed by atoms with E-state index in [-0.39, 0.29) is 0 Å². The molecule has 1 heterocycles. The second-order valence-corrected chi connectivity index (χ2v) is 4.66. The van der Waals surface area contributed by atoms with Crippen molar-refractivity contribution in [2.24, 2.45) is 5.92 Å². The fraction of sp³-hybridized carbons (Fsp3) is 0.583. The lowest BCUT2D eigenvalue weighted by atomic mass is 10.3. The Morgan fingerprint density at radius 1 is 1.56 bits per heavy atom. The summed E-state index contributed by atoms with van der Waals surface area (Å²) >= 11 is 5.83. The number of halogens is 1. The molecule has 0 aliphatic heterocycles. The number of hydrogen-bond acceptors (Lipinski definition) is 3. The summed E-state index contributed by atoms with van der Waals surface area (Å²) in [5.41, 5.74) is 1.08. The lowest BCUT2D eigenvalue weighted by Crippen LogP contribution is -2.22. The van der Waals surface area contributed by atoms with Crippen molar-refractivity contribution >= 4 is 17.3 Å². The standard InChI is InChI=1S/C12H17ClN2O/c1-15(6-7-16-9-10-2-3-10)11-4-5-14-12(13)8-11/h4-5,8,10H,2-3,6-7,9H2,1H3. The van der Waals surface area contributed by atoms with Crippen molar-refractivity contribution < 1.29 is 4.74 Å². The smallest absolute Gasteiger partial charge is 0.131 e. The fourth-order valence-corrected chi connectivity index (χ4v) is 1.66. The highest BCUT2D eigenvalue weighted by Crippen LogP contribution is 2.28. The number of anilines is 1. The Labute approximate surface area is 101 Å². The van der Waals surface area contributed by atoms with Crippen LogP contribution in [0.15, 0.2) is 18.3 Å². The number of likely N-dealkylation sites (N-methyl/N-ethyl adjacent to an activating group) is 1. The van der Waals surface area contributed by atoms with Gasteiger partial charge in [-0.1, -0.05) is 11.6 Å². The van der Waals surface area contributed by atoms with E-state index in [1.807, 2.05) is 19.2 Å². The number of rotatable bonds is 6. The molecule has 1 fully saturated rings. The first kappa shape index (κ1) is 11.7. The molecule has 0 radical (unpaired) electrons. The van der Waals surface area contributed by atoms with Gasteiger partial charge in [-0.15, -0.1) is 0 Å². The van der Waals surface area contributed by atoms with Gasteiger partial charge in [0.25, 0.3) is 0 Å². The van der Waals surface area contributed by atoms with E-state index in [0.29, 0.717) is 5.15 Å². The Morgan fingerprint density at radius 3 is 3.06 bits per heavy atom. The van der Waals surface area contributed by atoms with Gasteiger partial charge < -0.3 is 9.64 Å². The van der Waals surface area contributed by atoms with Gasteiger partial charge in [0.2, 0.25) is 0 Å². The molecule has 0 amide bonds. The monoisotopic (exact) mass is 240 g/mol. The van der Waals surface area contributed by atoms with Crippen molar-refractivity contribution in [1.29, 1.82) is 0 Å². The predicted molar refractivity (Wildman–Crippen MR) is 66.1 cm³/mol. The molecule has 1 saturated carbocycles. The lowest BCUT2D eigenvalue weighted by Gasteiger charge is -2.19. The molecular weight excluding hydrogens is 224 g/mol. The minimum Gasteiger partial charge on any atom is -0.379 e. The topological polar surface area (TPSA) is 25.4 Å². The third kappa shape index (κ3) is 3.65. The summed E-state index contributed by atoms with van der Waals surface area (Å²) in [6, 6.07) is 3.81. The van der Waals surface area contributed by atoms with E-state index in [2.05, 4.69) is 9.88 Å². The van der Waals surface area contributed by atoms with Crippen LogP contribution in [0.2, 0.25) is 5.15 Å². The van der Waals surface area contributed by atoms with Gasteiger partial charge >= 0.3 is 0 Å². The average Bonchev–Trinajstić information content (AvgIpc) is 3.08. The number of pyridine rings is 1. The molecular formula is C12H17ClN2O. The normalized spacial score (nSPS) is 15.1. The van der Waals surface area contributed by atoms with Crippen LogP contribution in [0.4, 0.5) is 5.69 Å². The van der Waals surface area contributed by atoms with Crippen LogP contribution in [-0.4, -0.2) is 31.8 Å². The number of ether oxygens (including phenoxy) is 1. The van der Waals surface area contributed by atoms with Gasteiger partial charge in [0.05, 0.1) is 6.61 Å². The van der Waals surface area contributed by atoms with Gasteiger partial charge in [-0.05, 0) is 30.9 Å². The Balaban J connectivity index is 1.71. The van der Waals surface area contributed by atoms with Crippen LogP contribution in [-0.2, 0) is 4.74 Å². The SMILES string of the molecule is CN(CCOCC1CC1)c1ccnc(Cl)c1. The van der Waals surface area contributed by atoms with Crippen LogP contribution in [0, 0.1) is 5.92 Å². The van der Waals surface area contributed by atoms with Crippen LogP contribution < -0.4 is 4.90 Å². The first-order valence-electron chi connectivity index (χ1n) is 5.66. The minimum absolute atomic E-state index is 0.531. The third-order valence-electron chi connectivity index (χ3n) is 2.77. The highest BCUT2D eigenvalue weighted by Gasteiger charge is 2.20. The van der Waals surface area contributed by atoms with Crippen LogP contribution in [0.5, 0.6) is 0 Å². The van der Waals surface area contributed by atoms with Crippen LogP contribution in [0.1, 0.15) is 12.8 Å². The van der Waals surface area contributed by atoms with Gasteiger partial charge in [0.15, 0.2) is 0 Å². The van der Waals surface area contributed by atoms with Crippen LogP contribution >= 0.6 is 11.6 Å². The van der Waals surface area contributed by atoms with Crippen molar-refractivity contribution in [3.8, 4) is 0 Å². The molecule has 16 heavy (non-hydrogen) atoms. The van der Waals surface area contributed by atoms with Crippen molar-refractivity contribution in [2.75, 3.05) is 31.7 Å². The zero-order valence-electron chi connectivity index (χ0n) is 9.53. The van der Waals surface area contributed by atoms with Gasteiger partial charge in [0, 0.05) is 32.1 Å². The molecule has 0 unspecified atom stereocenters. The molecule has 88 valence electrons. The molecule has 2 rings (SSSR count). The van der Waals surface area contributed by atoms with Gasteiger partial charge in [-0.3, -0.25) is 0 Å². The van der Waals surface area contributed by atoms with E-state index in [4.69, 9.17) is 16.3 Å². The van der Waals surface area contributed by atoms with Gasteiger partial charge in [-0.25, -0.2) is 4.98 Å². The van der Waals surface area contributed by atoms with E-state index in [1.165, 1.54) is 12.8 Å². The zero-order valence-corrected chi connectivity index (χ0v) is 10.3. The van der Waals surface area contributed by atoms with E-state index >= 15 is 0 Å². The number of aromatic nitrogens is 1. The Bertz CT molecular complexity index is 342. The molecule has 0 bridgehead atoms. The summed E-state index contributed by atoms with van der Waals surface area (Å²) < 4.78 is 5.59. The molecule has 1 aromatic heterocycles. The molecule has 0 aromatic carbocycles.